The summed E-state index contributed by atoms with van der Waals surface area (Å²) in [6.45, 7) is 2.35. The van der Waals surface area contributed by atoms with Gasteiger partial charge in [0.2, 0.25) is 11.8 Å². The second-order valence-electron chi connectivity index (χ2n) is 3.97. The van der Waals surface area contributed by atoms with E-state index < -0.39 is 6.04 Å². The number of nitrogens with zero attached hydrogens (tertiary/aromatic N) is 1. The lowest BCUT2D eigenvalue weighted by Crippen LogP contribution is -2.56. The number of carbonyl (C=O) groups excluding carboxylic acids is 2. The number of benzene rings is 1. The van der Waals surface area contributed by atoms with E-state index in [4.69, 9.17) is 0 Å². The quantitative estimate of drug-likeness (QED) is 0.800. The number of hydrogen-bond acceptors (Lipinski definition) is 2. The number of rotatable bonds is 2. The van der Waals surface area contributed by atoms with Gasteiger partial charge in [0.25, 0.3) is 0 Å². The molecule has 1 aliphatic heterocycles. The van der Waals surface area contributed by atoms with E-state index in [1.807, 2.05) is 30.3 Å². The largest absolute Gasteiger partial charge is 0.343 e. The molecule has 1 unspecified atom stereocenters. The standard InChI is InChI=1S/C12H14N2O2.H2/c1-9-12(16)14(8-11(15)13-9)7-10-5-3-2-4-6-10;/h2-6,9H,7-8H2,1H3,(H,13,15);1H. The zero-order chi connectivity index (χ0) is 11.5. The van der Waals surface area contributed by atoms with Crippen molar-refractivity contribution in [2.45, 2.75) is 19.5 Å². The van der Waals surface area contributed by atoms with Crippen LogP contribution in [0.15, 0.2) is 30.3 Å². The van der Waals surface area contributed by atoms with Crippen LogP contribution in [-0.4, -0.2) is 29.3 Å². The third kappa shape index (κ3) is 2.21. The van der Waals surface area contributed by atoms with E-state index in [2.05, 4.69) is 5.32 Å². The molecule has 4 nitrogen and oxygen atoms in total. The minimum Gasteiger partial charge on any atom is -0.343 e. The Hall–Kier alpha value is -1.84. The normalized spacial score (nSPS) is 20.8. The van der Waals surface area contributed by atoms with Crippen molar-refractivity contribution in [1.82, 2.24) is 10.2 Å². The Kier molecular flexibility index (Phi) is 2.90. The predicted octanol–water partition coefficient (Wildman–Crippen LogP) is 0.779. The highest BCUT2D eigenvalue weighted by atomic mass is 16.2. The van der Waals surface area contributed by atoms with Crippen LogP contribution in [0.5, 0.6) is 0 Å². The van der Waals surface area contributed by atoms with Gasteiger partial charge in [-0.25, -0.2) is 0 Å². The van der Waals surface area contributed by atoms with Crippen molar-refractivity contribution in [3.05, 3.63) is 35.9 Å². The molecule has 1 saturated heterocycles. The van der Waals surface area contributed by atoms with E-state index in [1.165, 1.54) is 0 Å². The summed E-state index contributed by atoms with van der Waals surface area (Å²) in [6, 6.07) is 9.26. The van der Waals surface area contributed by atoms with Crippen molar-refractivity contribution in [2.75, 3.05) is 6.54 Å². The molecule has 0 aliphatic carbocycles. The van der Waals surface area contributed by atoms with Gasteiger partial charge in [-0.05, 0) is 12.5 Å². The molecule has 1 aromatic carbocycles. The molecule has 0 bridgehead atoms. The van der Waals surface area contributed by atoms with Gasteiger partial charge in [0.1, 0.15) is 6.04 Å². The molecule has 0 aromatic heterocycles. The van der Waals surface area contributed by atoms with E-state index >= 15 is 0 Å². The Morgan fingerprint density at radius 3 is 2.75 bits per heavy atom. The van der Waals surface area contributed by atoms with Crippen LogP contribution in [0.4, 0.5) is 0 Å². The van der Waals surface area contributed by atoms with Crippen LogP contribution in [0.25, 0.3) is 0 Å². The van der Waals surface area contributed by atoms with Crippen molar-refractivity contribution >= 4 is 11.8 Å². The molecule has 1 fully saturated rings. The van der Waals surface area contributed by atoms with Gasteiger partial charge < -0.3 is 10.2 Å². The fourth-order valence-electron chi connectivity index (χ4n) is 1.81. The molecule has 2 amide bonds. The topological polar surface area (TPSA) is 49.4 Å². The highest BCUT2D eigenvalue weighted by Gasteiger charge is 2.29. The molecule has 0 saturated carbocycles. The molecule has 1 aromatic rings. The summed E-state index contributed by atoms with van der Waals surface area (Å²) in [5.41, 5.74) is 1.04. The Balaban J connectivity index is 0.00000144. The average Bonchev–Trinajstić information content (AvgIpc) is 2.27. The Bertz CT molecular complexity index is 408. The monoisotopic (exact) mass is 220 g/mol. The fraction of sp³-hybridized carbons (Fsp3) is 0.333. The van der Waals surface area contributed by atoms with Gasteiger partial charge in [-0.3, -0.25) is 9.59 Å². The van der Waals surface area contributed by atoms with E-state index in [0.29, 0.717) is 6.54 Å². The summed E-state index contributed by atoms with van der Waals surface area (Å²) in [6.07, 6.45) is 0. The van der Waals surface area contributed by atoms with Crippen LogP contribution >= 0.6 is 0 Å². The smallest absolute Gasteiger partial charge is 0.245 e. The molecular weight excluding hydrogens is 204 g/mol. The number of piperazine rings is 1. The molecular formula is C12H16N2O2. The van der Waals surface area contributed by atoms with Gasteiger partial charge in [-0.2, -0.15) is 0 Å². The first-order valence-electron chi connectivity index (χ1n) is 5.29. The van der Waals surface area contributed by atoms with Gasteiger partial charge in [-0.15, -0.1) is 0 Å². The van der Waals surface area contributed by atoms with Gasteiger partial charge >= 0.3 is 0 Å². The molecule has 1 aliphatic rings. The summed E-state index contributed by atoms with van der Waals surface area (Å²) >= 11 is 0. The fourth-order valence-corrected chi connectivity index (χ4v) is 1.81. The Morgan fingerprint density at radius 1 is 1.38 bits per heavy atom. The predicted molar refractivity (Wildman–Crippen MR) is 61.6 cm³/mol. The first kappa shape index (κ1) is 10.7. The van der Waals surface area contributed by atoms with Crippen LogP contribution < -0.4 is 5.32 Å². The Labute approximate surface area is 95.7 Å². The van der Waals surface area contributed by atoms with Crippen LogP contribution in [0.2, 0.25) is 0 Å². The number of hydrogen-bond donors (Lipinski definition) is 1. The highest BCUT2D eigenvalue weighted by molar-refractivity contribution is 5.94. The minimum atomic E-state index is -0.412. The lowest BCUT2D eigenvalue weighted by molar-refractivity contribution is -0.144. The first-order chi connectivity index (χ1) is 7.66. The average molecular weight is 220 g/mol. The van der Waals surface area contributed by atoms with E-state index in [0.717, 1.165) is 5.56 Å². The van der Waals surface area contributed by atoms with Crippen LogP contribution in [0.1, 0.15) is 13.9 Å². The van der Waals surface area contributed by atoms with Crippen molar-refractivity contribution in [1.29, 1.82) is 0 Å². The zero-order valence-electron chi connectivity index (χ0n) is 9.14. The molecule has 2 rings (SSSR count). The van der Waals surface area contributed by atoms with Crippen molar-refractivity contribution < 1.29 is 11.0 Å². The SMILES string of the molecule is CC1NC(=O)CN(Cc2ccccc2)C1=O.[HH]. The molecule has 0 spiro atoms. The minimum absolute atomic E-state index is 0. The van der Waals surface area contributed by atoms with Gasteiger partial charge in [-0.1, -0.05) is 30.3 Å². The molecule has 1 heterocycles. The third-order valence-electron chi connectivity index (χ3n) is 2.61. The first-order valence-corrected chi connectivity index (χ1v) is 5.29. The van der Waals surface area contributed by atoms with Crippen molar-refractivity contribution in [3.63, 3.8) is 0 Å². The summed E-state index contributed by atoms with van der Waals surface area (Å²) in [4.78, 5) is 24.7. The van der Waals surface area contributed by atoms with Crippen LogP contribution in [0.3, 0.4) is 0 Å². The zero-order valence-corrected chi connectivity index (χ0v) is 9.14. The lowest BCUT2D eigenvalue weighted by Gasteiger charge is -2.30. The number of nitrogens with one attached hydrogen (secondary N) is 1. The highest BCUT2D eigenvalue weighted by Crippen LogP contribution is 2.08. The van der Waals surface area contributed by atoms with Gasteiger partial charge in [0.15, 0.2) is 0 Å². The summed E-state index contributed by atoms with van der Waals surface area (Å²) in [5, 5.41) is 2.61. The Morgan fingerprint density at radius 2 is 2.06 bits per heavy atom. The summed E-state index contributed by atoms with van der Waals surface area (Å²) in [7, 11) is 0. The number of carbonyl (C=O) groups is 2. The number of amides is 2. The van der Waals surface area contributed by atoms with E-state index in [9.17, 15) is 9.59 Å². The summed E-state index contributed by atoms with van der Waals surface area (Å²) < 4.78 is 0. The maximum atomic E-state index is 11.8. The van der Waals surface area contributed by atoms with Crippen molar-refractivity contribution in [3.8, 4) is 0 Å². The van der Waals surface area contributed by atoms with E-state index in [1.54, 1.807) is 11.8 Å². The van der Waals surface area contributed by atoms with Gasteiger partial charge in [0.05, 0.1) is 6.54 Å². The van der Waals surface area contributed by atoms with Crippen molar-refractivity contribution in [2.24, 2.45) is 0 Å². The van der Waals surface area contributed by atoms with Gasteiger partial charge in [0, 0.05) is 7.97 Å². The van der Waals surface area contributed by atoms with E-state index in [-0.39, 0.29) is 19.8 Å². The molecule has 4 heteroatoms. The maximum Gasteiger partial charge on any atom is 0.245 e. The molecule has 1 atom stereocenters. The summed E-state index contributed by atoms with van der Waals surface area (Å²) in [5.74, 6) is -0.119. The maximum absolute atomic E-state index is 11.8. The molecule has 0 radical (unpaired) electrons. The lowest BCUT2D eigenvalue weighted by atomic mass is 10.1. The molecule has 16 heavy (non-hydrogen) atoms. The molecule has 1 N–H and O–H groups in total. The molecule has 86 valence electrons. The second kappa shape index (κ2) is 4.35. The van der Waals surface area contributed by atoms with Crippen LogP contribution in [-0.2, 0) is 16.1 Å². The third-order valence-corrected chi connectivity index (χ3v) is 2.61. The second-order valence-corrected chi connectivity index (χ2v) is 3.97. The van der Waals surface area contributed by atoms with Crippen LogP contribution in [0, 0.1) is 0 Å².